The van der Waals surface area contributed by atoms with Crippen LogP contribution in [0.4, 0.5) is 0 Å². The lowest BCUT2D eigenvalue weighted by Crippen LogP contribution is -2.27. The second-order valence-electron chi connectivity index (χ2n) is 7.67. The number of carbonyl (C=O) groups is 1. The van der Waals surface area contributed by atoms with E-state index in [2.05, 4.69) is 35.3 Å². The number of pyridine rings is 1. The van der Waals surface area contributed by atoms with Gasteiger partial charge in [0.1, 0.15) is 5.69 Å². The van der Waals surface area contributed by atoms with E-state index in [1.54, 1.807) is 23.5 Å². The molecular formula is C24H19N5O2S. The van der Waals surface area contributed by atoms with Crippen molar-refractivity contribution in [3.05, 3.63) is 95.1 Å². The van der Waals surface area contributed by atoms with Gasteiger partial charge in [0.05, 0.1) is 20.6 Å². The normalized spacial score (nSPS) is 13.2. The molecule has 3 aromatic heterocycles. The molecule has 0 aliphatic rings. The lowest BCUT2D eigenvalue weighted by Gasteiger charge is -2.25. The van der Waals surface area contributed by atoms with Crippen molar-refractivity contribution in [3.63, 3.8) is 0 Å². The van der Waals surface area contributed by atoms with Gasteiger partial charge in [-0.25, -0.2) is 4.98 Å². The van der Waals surface area contributed by atoms with Crippen molar-refractivity contribution in [1.29, 1.82) is 0 Å². The molecule has 32 heavy (non-hydrogen) atoms. The van der Waals surface area contributed by atoms with E-state index in [1.807, 2.05) is 36.4 Å². The third-order valence-corrected chi connectivity index (χ3v) is 6.46. The maximum atomic E-state index is 11.3. The summed E-state index contributed by atoms with van der Waals surface area (Å²) in [5, 5.41) is 5.17. The highest BCUT2D eigenvalue weighted by Crippen LogP contribution is 2.37. The molecule has 5 aromatic rings. The molecule has 1 unspecified atom stereocenters. The summed E-state index contributed by atoms with van der Waals surface area (Å²) in [5.74, 6) is 0.296. The predicted molar refractivity (Wildman–Crippen MR) is 122 cm³/mol. The van der Waals surface area contributed by atoms with E-state index in [1.165, 1.54) is 6.20 Å². The molecule has 2 aromatic carbocycles. The van der Waals surface area contributed by atoms with Gasteiger partial charge in [0.2, 0.25) is 11.7 Å². The third-order valence-electron chi connectivity index (χ3n) is 5.43. The third kappa shape index (κ3) is 3.65. The van der Waals surface area contributed by atoms with E-state index >= 15 is 0 Å². The Bertz CT molecular complexity index is 1360. The molecule has 1 amide bonds. The molecule has 0 radical (unpaired) electrons. The van der Waals surface area contributed by atoms with Gasteiger partial charge in [0.25, 0.3) is 5.91 Å². The molecule has 0 aliphatic heterocycles. The number of hydrogen-bond acceptors (Lipinski definition) is 7. The van der Waals surface area contributed by atoms with E-state index in [0.29, 0.717) is 23.7 Å². The number of aromatic nitrogens is 4. The van der Waals surface area contributed by atoms with Crippen LogP contribution < -0.4 is 5.73 Å². The zero-order valence-electron chi connectivity index (χ0n) is 17.2. The number of nitrogens with two attached hydrogens (primary N) is 1. The van der Waals surface area contributed by atoms with Gasteiger partial charge >= 0.3 is 0 Å². The fourth-order valence-corrected chi connectivity index (χ4v) is 4.77. The van der Waals surface area contributed by atoms with Gasteiger partial charge in [-0.15, -0.1) is 11.3 Å². The molecule has 0 fully saturated rings. The molecular weight excluding hydrogens is 422 g/mol. The van der Waals surface area contributed by atoms with Crippen LogP contribution in [0, 0.1) is 0 Å². The number of para-hydroxylation sites is 1. The van der Waals surface area contributed by atoms with Crippen LogP contribution in [0.1, 0.15) is 33.9 Å². The summed E-state index contributed by atoms with van der Waals surface area (Å²) in [6, 6.07) is 21.4. The lowest BCUT2D eigenvalue weighted by molar-refractivity contribution is 0.0995. The quantitative estimate of drug-likeness (QED) is 0.419. The Morgan fingerprint density at radius 3 is 2.53 bits per heavy atom. The standard InChI is InChI=1S/C24H19N5O2S/c1-24(16-7-3-2-4-8-16,13-20-27-17-9-5-6-10-19(17)32-20)23-28-22(29-31-23)15-11-12-18(21(25)30)26-14-15/h2-12,14H,13H2,1H3,(H2,25,30). The summed E-state index contributed by atoms with van der Waals surface area (Å²) < 4.78 is 6.90. The minimum atomic E-state index is -0.585. The molecule has 2 N–H and O–H groups in total. The Morgan fingerprint density at radius 2 is 1.81 bits per heavy atom. The zero-order valence-corrected chi connectivity index (χ0v) is 18.0. The van der Waals surface area contributed by atoms with Crippen molar-refractivity contribution in [2.75, 3.05) is 0 Å². The maximum absolute atomic E-state index is 11.3. The summed E-state index contributed by atoms with van der Waals surface area (Å²) in [6.45, 7) is 2.08. The SMILES string of the molecule is CC(Cc1nc2ccccc2s1)(c1ccccc1)c1nc(-c2ccc(C(N)=O)nc2)no1. The first-order valence-corrected chi connectivity index (χ1v) is 10.8. The number of nitrogens with zero attached hydrogens (tertiary/aromatic N) is 4. The second-order valence-corrected chi connectivity index (χ2v) is 8.78. The Morgan fingerprint density at radius 1 is 1.03 bits per heavy atom. The van der Waals surface area contributed by atoms with Crippen molar-refractivity contribution in [2.45, 2.75) is 18.8 Å². The molecule has 5 rings (SSSR count). The number of primary amides is 1. The fourth-order valence-electron chi connectivity index (χ4n) is 3.64. The highest BCUT2D eigenvalue weighted by Gasteiger charge is 2.36. The number of amides is 1. The molecule has 8 heteroatoms. The molecule has 0 spiro atoms. The van der Waals surface area contributed by atoms with Gasteiger partial charge in [-0.3, -0.25) is 9.78 Å². The van der Waals surface area contributed by atoms with E-state index < -0.39 is 11.3 Å². The monoisotopic (exact) mass is 441 g/mol. The number of rotatable bonds is 6. The highest BCUT2D eigenvalue weighted by atomic mass is 32.1. The van der Waals surface area contributed by atoms with Crippen LogP contribution in [-0.4, -0.2) is 26.0 Å². The van der Waals surface area contributed by atoms with E-state index in [-0.39, 0.29) is 5.69 Å². The summed E-state index contributed by atoms with van der Waals surface area (Å²) in [6.07, 6.45) is 2.12. The summed E-state index contributed by atoms with van der Waals surface area (Å²) in [4.78, 5) is 24.9. The topological polar surface area (TPSA) is 108 Å². The lowest BCUT2D eigenvalue weighted by atomic mass is 9.79. The van der Waals surface area contributed by atoms with Crippen LogP contribution in [0.15, 0.2) is 77.4 Å². The van der Waals surface area contributed by atoms with Crippen molar-refractivity contribution < 1.29 is 9.32 Å². The van der Waals surface area contributed by atoms with Gasteiger partial charge in [-0.2, -0.15) is 4.98 Å². The van der Waals surface area contributed by atoms with Crippen LogP contribution in [-0.2, 0) is 11.8 Å². The number of carbonyl (C=O) groups excluding carboxylic acids is 1. The number of fused-ring (bicyclic) bond motifs is 1. The van der Waals surface area contributed by atoms with Crippen LogP contribution in [0.25, 0.3) is 21.6 Å². The smallest absolute Gasteiger partial charge is 0.267 e. The number of thiazole rings is 1. The van der Waals surface area contributed by atoms with Gasteiger partial charge in [-0.05, 0) is 36.8 Å². The minimum absolute atomic E-state index is 0.183. The first kappa shape index (κ1) is 20.0. The van der Waals surface area contributed by atoms with Crippen LogP contribution in [0.3, 0.4) is 0 Å². The van der Waals surface area contributed by atoms with Crippen molar-refractivity contribution in [1.82, 2.24) is 20.1 Å². The Balaban J connectivity index is 1.54. The number of hydrogen-bond donors (Lipinski definition) is 1. The second kappa shape index (κ2) is 7.97. The largest absolute Gasteiger partial charge is 0.364 e. The molecule has 0 saturated heterocycles. The summed E-state index contributed by atoms with van der Waals surface area (Å²) in [5.41, 5.74) is 7.55. The molecule has 158 valence electrons. The average Bonchev–Trinajstić information content (AvgIpc) is 3.47. The Labute approximate surface area is 188 Å². The first-order chi connectivity index (χ1) is 15.5. The molecule has 1 atom stereocenters. The molecule has 0 bridgehead atoms. The summed E-state index contributed by atoms with van der Waals surface area (Å²) >= 11 is 1.67. The van der Waals surface area contributed by atoms with E-state index in [9.17, 15) is 4.79 Å². The fraction of sp³-hybridized carbons (Fsp3) is 0.125. The van der Waals surface area contributed by atoms with Gasteiger partial charge in [0, 0.05) is 18.2 Å². The zero-order chi connectivity index (χ0) is 22.1. The first-order valence-electron chi connectivity index (χ1n) is 10.0. The van der Waals surface area contributed by atoms with E-state index in [0.717, 1.165) is 20.8 Å². The average molecular weight is 442 g/mol. The number of benzene rings is 2. The van der Waals surface area contributed by atoms with Crippen molar-refractivity contribution in [3.8, 4) is 11.4 Å². The van der Waals surface area contributed by atoms with Gasteiger partial charge in [-0.1, -0.05) is 47.6 Å². The van der Waals surface area contributed by atoms with Gasteiger partial charge in [0.15, 0.2) is 0 Å². The Kier molecular flexibility index (Phi) is 4.99. The molecule has 0 aliphatic carbocycles. The van der Waals surface area contributed by atoms with Crippen molar-refractivity contribution >= 4 is 27.5 Å². The van der Waals surface area contributed by atoms with Gasteiger partial charge < -0.3 is 10.3 Å². The molecule has 3 heterocycles. The minimum Gasteiger partial charge on any atom is -0.364 e. The molecule has 7 nitrogen and oxygen atoms in total. The summed E-state index contributed by atoms with van der Waals surface area (Å²) in [7, 11) is 0. The predicted octanol–water partition coefficient (Wildman–Crippen LogP) is 4.39. The van der Waals surface area contributed by atoms with E-state index in [4.69, 9.17) is 20.2 Å². The maximum Gasteiger partial charge on any atom is 0.267 e. The van der Waals surface area contributed by atoms with Crippen LogP contribution >= 0.6 is 11.3 Å². The molecule has 0 saturated carbocycles. The Hall–Kier alpha value is -3.91. The van der Waals surface area contributed by atoms with Crippen LogP contribution in [0.2, 0.25) is 0 Å². The van der Waals surface area contributed by atoms with Crippen molar-refractivity contribution in [2.24, 2.45) is 5.73 Å². The van der Waals surface area contributed by atoms with Crippen LogP contribution in [0.5, 0.6) is 0 Å². The highest BCUT2D eigenvalue weighted by molar-refractivity contribution is 7.18.